The van der Waals surface area contributed by atoms with Crippen LogP contribution in [0.1, 0.15) is 35.8 Å². The smallest absolute Gasteiger partial charge is 0.259 e. The Morgan fingerprint density at radius 3 is 2.66 bits per heavy atom. The zero-order valence-corrected chi connectivity index (χ0v) is 16.6. The SMILES string of the molecule is CCOc1ccc(-n2ncc(C(=O)Nc3ccccc3N3CCCC3)c2C)nn1. The van der Waals surface area contributed by atoms with E-state index in [1.165, 1.54) is 12.8 Å². The van der Waals surface area contributed by atoms with Crippen LogP contribution in [-0.2, 0) is 0 Å². The average Bonchev–Trinajstić information content (AvgIpc) is 3.39. The molecule has 3 heterocycles. The summed E-state index contributed by atoms with van der Waals surface area (Å²) < 4.78 is 6.92. The lowest BCUT2D eigenvalue weighted by atomic mass is 10.2. The topological polar surface area (TPSA) is 85.2 Å². The molecule has 29 heavy (non-hydrogen) atoms. The van der Waals surface area contributed by atoms with E-state index in [1.807, 2.05) is 38.1 Å². The molecule has 0 unspecified atom stereocenters. The number of carbonyl (C=O) groups is 1. The number of hydrogen-bond donors (Lipinski definition) is 1. The van der Waals surface area contributed by atoms with E-state index >= 15 is 0 Å². The van der Waals surface area contributed by atoms with Crippen LogP contribution in [0.4, 0.5) is 11.4 Å². The summed E-state index contributed by atoms with van der Waals surface area (Å²) in [6.07, 6.45) is 3.91. The van der Waals surface area contributed by atoms with Gasteiger partial charge in [0.15, 0.2) is 5.82 Å². The van der Waals surface area contributed by atoms with Crippen LogP contribution >= 0.6 is 0 Å². The maximum Gasteiger partial charge on any atom is 0.259 e. The molecule has 1 aliphatic rings. The summed E-state index contributed by atoms with van der Waals surface area (Å²) in [5, 5.41) is 15.5. The van der Waals surface area contributed by atoms with Crippen molar-refractivity contribution in [3.8, 4) is 11.7 Å². The molecule has 1 N–H and O–H groups in total. The zero-order valence-electron chi connectivity index (χ0n) is 16.6. The van der Waals surface area contributed by atoms with Crippen LogP contribution in [0.15, 0.2) is 42.6 Å². The Morgan fingerprint density at radius 2 is 1.93 bits per heavy atom. The number of hydrogen-bond acceptors (Lipinski definition) is 6. The highest BCUT2D eigenvalue weighted by Gasteiger charge is 2.20. The van der Waals surface area contributed by atoms with Gasteiger partial charge in [-0.1, -0.05) is 12.1 Å². The molecule has 0 spiro atoms. The molecule has 0 radical (unpaired) electrons. The van der Waals surface area contributed by atoms with Crippen LogP contribution in [0.5, 0.6) is 5.88 Å². The number of nitrogens with one attached hydrogen (secondary N) is 1. The van der Waals surface area contributed by atoms with E-state index in [2.05, 4.69) is 25.5 Å². The average molecular weight is 392 g/mol. The third-order valence-corrected chi connectivity index (χ3v) is 4.99. The van der Waals surface area contributed by atoms with Gasteiger partial charge in [0.05, 0.1) is 35.4 Å². The number of anilines is 2. The molecule has 0 aliphatic carbocycles. The van der Waals surface area contributed by atoms with Gasteiger partial charge < -0.3 is 15.0 Å². The predicted molar refractivity (Wildman–Crippen MR) is 111 cm³/mol. The minimum absolute atomic E-state index is 0.195. The maximum atomic E-state index is 12.9. The molecule has 3 aromatic rings. The number of ether oxygens (including phenoxy) is 1. The first-order valence-electron chi connectivity index (χ1n) is 9.84. The molecule has 4 rings (SSSR count). The molecular formula is C21H24N6O2. The summed E-state index contributed by atoms with van der Waals surface area (Å²) in [5.41, 5.74) is 3.06. The van der Waals surface area contributed by atoms with Gasteiger partial charge in [0.1, 0.15) is 0 Å². The molecule has 1 aliphatic heterocycles. The number of para-hydroxylation sites is 2. The number of rotatable bonds is 6. The number of aromatic nitrogens is 4. The highest BCUT2D eigenvalue weighted by atomic mass is 16.5. The Hall–Kier alpha value is -3.42. The van der Waals surface area contributed by atoms with Crippen molar-refractivity contribution in [1.82, 2.24) is 20.0 Å². The summed E-state index contributed by atoms with van der Waals surface area (Å²) in [6.45, 7) is 6.28. The molecule has 2 aromatic heterocycles. The fraction of sp³-hybridized carbons (Fsp3) is 0.333. The Balaban J connectivity index is 1.55. The van der Waals surface area contributed by atoms with Gasteiger partial charge in [0.25, 0.3) is 5.91 Å². The van der Waals surface area contributed by atoms with Crippen molar-refractivity contribution in [2.24, 2.45) is 0 Å². The number of amides is 1. The molecule has 0 saturated carbocycles. The number of carbonyl (C=O) groups excluding carboxylic acids is 1. The van der Waals surface area contributed by atoms with Gasteiger partial charge in [-0.2, -0.15) is 5.10 Å². The largest absolute Gasteiger partial charge is 0.477 e. The summed E-state index contributed by atoms with van der Waals surface area (Å²) in [7, 11) is 0. The molecule has 150 valence electrons. The molecule has 0 bridgehead atoms. The lowest BCUT2D eigenvalue weighted by Crippen LogP contribution is -2.21. The van der Waals surface area contributed by atoms with Gasteiger partial charge >= 0.3 is 0 Å². The van der Waals surface area contributed by atoms with E-state index in [0.717, 1.165) is 24.5 Å². The summed E-state index contributed by atoms with van der Waals surface area (Å²) in [5.74, 6) is 0.791. The lowest BCUT2D eigenvalue weighted by Gasteiger charge is -2.21. The molecule has 1 amide bonds. The molecule has 1 aromatic carbocycles. The van der Waals surface area contributed by atoms with Crippen LogP contribution in [0.2, 0.25) is 0 Å². The number of nitrogens with zero attached hydrogens (tertiary/aromatic N) is 5. The molecule has 1 fully saturated rings. The van der Waals surface area contributed by atoms with E-state index < -0.39 is 0 Å². The van der Waals surface area contributed by atoms with Crippen molar-refractivity contribution < 1.29 is 9.53 Å². The van der Waals surface area contributed by atoms with E-state index in [-0.39, 0.29) is 5.91 Å². The fourth-order valence-electron chi connectivity index (χ4n) is 3.52. The molecule has 8 heteroatoms. The molecule has 1 saturated heterocycles. The van der Waals surface area contributed by atoms with Gasteiger partial charge in [-0.15, -0.1) is 10.2 Å². The summed E-state index contributed by atoms with van der Waals surface area (Å²) >= 11 is 0. The Bertz CT molecular complexity index is 993. The predicted octanol–water partition coefficient (Wildman–Crippen LogP) is 3.22. The normalized spacial score (nSPS) is 13.5. The van der Waals surface area contributed by atoms with Crippen molar-refractivity contribution in [2.75, 3.05) is 29.9 Å². The van der Waals surface area contributed by atoms with Crippen LogP contribution in [-0.4, -0.2) is 45.6 Å². The standard InChI is InChI=1S/C21H24N6O2/c1-3-29-20-11-10-19(24-25-20)27-15(2)16(14-22-27)21(28)23-17-8-4-5-9-18(17)26-12-6-7-13-26/h4-5,8-11,14H,3,6-7,12-13H2,1-2H3,(H,23,28). The lowest BCUT2D eigenvalue weighted by molar-refractivity contribution is 0.102. The van der Waals surface area contributed by atoms with Crippen LogP contribution < -0.4 is 15.0 Å². The van der Waals surface area contributed by atoms with Crippen LogP contribution in [0.3, 0.4) is 0 Å². The second kappa shape index (κ2) is 8.30. The maximum absolute atomic E-state index is 12.9. The second-order valence-corrected chi connectivity index (χ2v) is 6.88. The van der Waals surface area contributed by atoms with E-state index in [0.29, 0.717) is 29.6 Å². The van der Waals surface area contributed by atoms with Crippen LogP contribution in [0, 0.1) is 6.92 Å². The molecule has 8 nitrogen and oxygen atoms in total. The zero-order chi connectivity index (χ0) is 20.2. The monoisotopic (exact) mass is 392 g/mol. The van der Waals surface area contributed by atoms with Crippen molar-refractivity contribution in [3.05, 3.63) is 53.9 Å². The van der Waals surface area contributed by atoms with Gasteiger partial charge in [-0.25, -0.2) is 4.68 Å². The second-order valence-electron chi connectivity index (χ2n) is 6.88. The van der Waals surface area contributed by atoms with Gasteiger partial charge in [-0.05, 0) is 44.9 Å². The number of benzene rings is 1. The van der Waals surface area contributed by atoms with Crippen LogP contribution in [0.25, 0.3) is 5.82 Å². The van der Waals surface area contributed by atoms with Gasteiger partial charge in [0, 0.05) is 19.2 Å². The quantitative estimate of drug-likeness (QED) is 0.693. The Morgan fingerprint density at radius 1 is 1.14 bits per heavy atom. The first kappa shape index (κ1) is 18.9. The van der Waals surface area contributed by atoms with Crippen molar-refractivity contribution >= 4 is 17.3 Å². The molecule has 0 atom stereocenters. The van der Waals surface area contributed by atoms with Crippen molar-refractivity contribution in [3.63, 3.8) is 0 Å². The van der Waals surface area contributed by atoms with E-state index in [9.17, 15) is 4.79 Å². The highest BCUT2D eigenvalue weighted by Crippen LogP contribution is 2.29. The fourth-order valence-corrected chi connectivity index (χ4v) is 3.52. The third-order valence-electron chi connectivity index (χ3n) is 4.99. The Kier molecular flexibility index (Phi) is 5.41. The Labute approximate surface area is 169 Å². The minimum atomic E-state index is -0.195. The summed E-state index contributed by atoms with van der Waals surface area (Å²) in [6, 6.07) is 11.4. The van der Waals surface area contributed by atoms with E-state index in [1.54, 1.807) is 23.0 Å². The minimum Gasteiger partial charge on any atom is -0.477 e. The first-order valence-corrected chi connectivity index (χ1v) is 9.84. The van der Waals surface area contributed by atoms with Gasteiger partial charge in [0.2, 0.25) is 5.88 Å². The van der Waals surface area contributed by atoms with Crippen molar-refractivity contribution in [1.29, 1.82) is 0 Å². The first-order chi connectivity index (χ1) is 14.2. The molecular weight excluding hydrogens is 368 g/mol. The highest BCUT2D eigenvalue weighted by molar-refractivity contribution is 6.06. The third kappa shape index (κ3) is 3.91. The van der Waals surface area contributed by atoms with Crippen molar-refractivity contribution in [2.45, 2.75) is 26.7 Å². The van der Waals surface area contributed by atoms with Gasteiger partial charge in [-0.3, -0.25) is 4.79 Å². The summed E-state index contributed by atoms with van der Waals surface area (Å²) in [4.78, 5) is 15.3. The van der Waals surface area contributed by atoms with E-state index in [4.69, 9.17) is 4.74 Å².